The summed E-state index contributed by atoms with van der Waals surface area (Å²) in [6.45, 7) is 10.2. The van der Waals surface area contributed by atoms with Gasteiger partial charge in [0.15, 0.2) is 0 Å². The molecule has 1 aliphatic heterocycles. The monoisotopic (exact) mass is 171 g/mol. The first-order valence-corrected chi connectivity index (χ1v) is 4.27. The fourth-order valence-electron chi connectivity index (χ4n) is 1.43. The van der Waals surface area contributed by atoms with Crippen LogP contribution in [-0.2, 0) is 4.74 Å². The van der Waals surface area contributed by atoms with Crippen molar-refractivity contribution in [2.75, 3.05) is 0 Å². The molecule has 1 amide bonds. The van der Waals surface area contributed by atoms with E-state index in [1.165, 1.54) is 0 Å². The van der Waals surface area contributed by atoms with Gasteiger partial charge in [0.25, 0.3) is 0 Å². The van der Waals surface area contributed by atoms with Gasteiger partial charge in [-0.2, -0.15) is 0 Å². The number of hydrogen-bond donors (Lipinski definition) is 1. The van der Waals surface area contributed by atoms with Crippen LogP contribution in [0.3, 0.4) is 0 Å². The SMILES string of the molecule is C[C@@H]1NC(=O)O[C@@]1(C)C(C)(C)C. The van der Waals surface area contributed by atoms with Crippen molar-refractivity contribution < 1.29 is 9.53 Å². The summed E-state index contributed by atoms with van der Waals surface area (Å²) in [7, 11) is 0. The van der Waals surface area contributed by atoms with Crippen molar-refractivity contribution in [2.45, 2.75) is 46.3 Å². The number of hydrogen-bond acceptors (Lipinski definition) is 2. The fraction of sp³-hybridized carbons (Fsp3) is 0.889. The van der Waals surface area contributed by atoms with Gasteiger partial charge in [0, 0.05) is 5.41 Å². The van der Waals surface area contributed by atoms with Gasteiger partial charge < -0.3 is 10.1 Å². The quantitative estimate of drug-likeness (QED) is 0.604. The Balaban J connectivity index is 2.92. The Morgan fingerprint density at radius 3 is 2.17 bits per heavy atom. The zero-order chi connectivity index (χ0) is 9.57. The molecule has 3 nitrogen and oxygen atoms in total. The van der Waals surface area contributed by atoms with Crippen LogP contribution in [0.25, 0.3) is 0 Å². The Morgan fingerprint density at radius 1 is 1.50 bits per heavy atom. The highest BCUT2D eigenvalue weighted by Crippen LogP contribution is 2.39. The maximum Gasteiger partial charge on any atom is 0.408 e. The van der Waals surface area contributed by atoms with Gasteiger partial charge >= 0.3 is 6.09 Å². The lowest BCUT2D eigenvalue weighted by Crippen LogP contribution is -2.49. The van der Waals surface area contributed by atoms with Gasteiger partial charge in [-0.3, -0.25) is 0 Å². The Hall–Kier alpha value is -0.730. The van der Waals surface area contributed by atoms with Gasteiger partial charge in [-0.1, -0.05) is 20.8 Å². The van der Waals surface area contributed by atoms with Gasteiger partial charge in [0.05, 0.1) is 6.04 Å². The molecule has 12 heavy (non-hydrogen) atoms. The Kier molecular flexibility index (Phi) is 1.85. The summed E-state index contributed by atoms with van der Waals surface area (Å²) in [6.07, 6.45) is -0.306. The zero-order valence-corrected chi connectivity index (χ0v) is 8.39. The molecule has 1 heterocycles. The molecule has 3 heteroatoms. The first kappa shape index (κ1) is 9.36. The largest absolute Gasteiger partial charge is 0.440 e. The third kappa shape index (κ3) is 1.17. The van der Waals surface area contributed by atoms with Crippen molar-refractivity contribution in [3.63, 3.8) is 0 Å². The number of carbonyl (C=O) groups is 1. The molecule has 0 aliphatic carbocycles. The maximum atomic E-state index is 11.0. The van der Waals surface area contributed by atoms with Crippen LogP contribution in [0.15, 0.2) is 0 Å². The fourth-order valence-corrected chi connectivity index (χ4v) is 1.43. The van der Waals surface area contributed by atoms with Gasteiger partial charge in [0.1, 0.15) is 5.60 Å². The molecule has 0 aromatic rings. The summed E-state index contributed by atoms with van der Waals surface area (Å²) >= 11 is 0. The van der Waals surface area contributed by atoms with Gasteiger partial charge in [-0.15, -0.1) is 0 Å². The molecule has 0 aromatic heterocycles. The zero-order valence-electron chi connectivity index (χ0n) is 8.39. The minimum atomic E-state index is -0.399. The van der Waals surface area contributed by atoms with Crippen molar-refractivity contribution in [3.05, 3.63) is 0 Å². The van der Waals surface area contributed by atoms with E-state index < -0.39 is 5.60 Å². The topological polar surface area (TPSA) is 38.3 Å². The molecule has 1 rings (SSSR count). The first-order valence-electron chi connectivity index (χ1n) is 4.27. The molecule has 1 aliphatic rings. The lowest BCUT2D eigenvalue weighted by Gasteiger charge is -2.38. The second-order valence-corrected chi connectivity index (χ2v) is 4.61. The Bertz CT molecular complexity index is 207. The van der Waals surface area contributed by atoms with E-state index in [1.807, 2.05) is 13.8 Å². The number of alkyl carbamates (subject to hydrolysis) is 1. The van der Waals surface area contributed by atoms with Crippen molar-refractivity contribution >= 4 is 6.09 Å². The molecule has 1 saturated heterocycles. The van der Waals surface area contributed by atoms with Gasteiger partial charge in [0.2, 0.25) is 0 Å². The normalized spacial score (nSPS) is 36.1. The minimum Gasteiger partial charge on any atom is -0.440 e. The highest BCUT2D eigenvalue weighted by molar-refractivity contribution is 5.71. The average molecular weight is 171 g/mol. The molecule has 0 saturated carbocycles. The second-order valence-electron chi connectivity index (χ2n) is 4.61. The minimum absolute atomic E-state index is 0.0361. The Labute approximate surface area is 73.5 Å². The second kappa shape index (κ2) is 2.38. The van der Waals surface area contributed by atoms with Crippen LogP contribution < -0.4 is 5.32 Å². The van der Waals surface area contributed by atoms with Crippen LogP contribution in [0.4, 0.5) is 4.79 Å². The predicted molar refractivity (Wildman–Crippen MR) is 46.9 cm³/mol. The first-order chi connectivity index (χ1) is 5.27. The molecule has 0 unspecified atom stereocenters. The third-order valence-electron chi connectivity index (χ3n) is 2.95. The molecule has 2 atom stereocenters. The predicted octanol–water partition coefficient (Wildman–Crippen LogP) is 1.92. The number of cyclic esters (lactones) is 1. The molecule has 1 fully saturated rings. The smallest absolute Gasteiger partial charge is 0.408 e. The highest BCUT2D eigenvalue weighted by Gasteiger charge is 2.50. The van der Waals surface area contributed by atoms with Crippen LogP contribution in [0.1, 0.15) is 34.6 Å². The van der Waals surface area contributed by atoms with E-state index in [0.29, 0.717) is 0 Å². The molecular weight excluding hydrogens is 154 g/mol. The summed E-state index contributed by atoms with van der Waals surface area (Å²) in [5.41, 5.74) is -0.435. The van der Waals surface area contributed by atoms with E-state index in [-0.39, 0.29) is 17.6 Å². The summed E-state index contributed by atoms with van der Waals surface area (Å²) < 4.78 is 5.28. The summed E-state index contributed by atoms with van der Waals surface area (Å²) in [5, 5.41) is 2.75. The van der Waals surface area contributed by atoms with E-state index in [0.717, 1.165) is 0 Å². The van der Waals surface area contributed by atoms with E-state index in [1.54, 1.807) is 0 Å². The lowest BCUT2D eigenvalue weighted by atomic mass is 9.74. The maximum absolute atomic E-state index is 11.0. The number of nitrogens with one attached hydrogen (secondary N) is 1. The molecule has 0 spiro atoms. The molecule has 70 valence electrons. The van der Waals surface area contributed by atoms with E-state index in [4.69, 9.17) is 4.74 Å². The van der Waals surface area contributed by atoms with Crippen LogP contribution in [0.2, 0.25) is 0 Å². The number of carbonyl (C=O) groups excluding carboxylic acids is 1. The summed E-state index contributed by atoms with van der Waals surface area (Å²) in [4.78, 5) is 11.0. The van der Waals surface area contributed by atoms with Crippen LogP contribution in [0.5, 0.6) is 0 Å². The van der Waals surface area contributed by atoms with Crippen LogP contribution in [-0.4, -0.2) is 17.7 Å². The molecule has 0 bridgehead atoms. The molecular formula is C9H17NO2. The standard InChI is InChI=1S/C9H17NO2/c1-6-9(5,8(2,3)4)12-7(11)10-6/h6H,1-5H3,(H,10,11)/t6-,9+/m0/s1. The number of rotatable bonds is 0. The molecule has 0 aromatic carbocycles. The van der Waals surface area contributed by atoms with Crippen molar-refractivity contribution in [2.24, 2.45) is 5.41 Å². The Morgan fingerprint density at radius 2 is 2.00 bits per heavy atom. The summed E-state index contributed by atoms with van der Waals surface area (Å²) in [5.74, 6) is 0. The van der Waals surface area contributed by atoms with E-state index >= 15 is 0 Å². The molecule has 0 radical (unpaired) electrons. The molecule has 1 N–H and O–H groups in total. The lowest BCUT2D eigenvalue weighted by molar-refractivity contribution is -0.0334. The van der Waals surface area contributed by atoms with Gasteiger partial charge in [-0.25, -0.2) is 4.79 Å². The van der Waals surface area contributed by atoms with Crippen molar-refractivity contribution in [1.29, 1.82) is 0 Å². The summed E-state index contributed by atoms with van der Waals surface area (Å²) in [6, 6.07) is 0.0741. The highest BCUT2D eigenvalue weighted by atomic mass is 16.6. The van der Waals surface area contributed by atoms with Crippen molar-refractivity contribution in [1.82, 2.24) is 5.32 Å². The van der Waals surface area contributed by atoms with Crippen LogP contribution in [0, 0.1) is 5.41 Å². The number of ether oxygens (including phenoxy) is 1. The van der Waals surface area contributed by atoms with E-state index in [9.17, 15) is 4.79 Å². The average Bonchev–Trinajstić information content (AvgIpc) is 2.06. The third-order valence-corrected chi connectivity index (χ3v) is 2.95. The van der Waals surface area contributed by atoms with Gasteiger partial charge in [-0.05, 0) is 13.8 Å². The van der Waals surface area contributed by atoms with E-state index in [2.05, 4.69) is 26.1 Å². The van der Waals surface area contributed by atoms with Crippen molar-refractivity contribution in [3.8, 4) is 0 Å². The van der Waals surface area contributed by atoms with Crippen LogP contribution >= 0.6 is 0 Å². The number of amides is 1.